The summed E-state index contributed by atoms with van der Waals surface area (Å²) >= 11 is 0. The molecule has 0 radical (unpaired) electrons. The summed E-state index contributed by atoms with van der Waals surface area (Å²) < 4.78 is 0. The molecule has 132 valence electrons. The van der Waals surface area contributed by atoms with Crippen LogP contribution in [-0.2, 0) is 9.59 Å². The lowest BCUT2D eigenvalue weighted by Gasteiger charge is -2.24. The van der Waals surface area contributed by atoms with Gasteiger partial charge in [-0.1, -0.05) is 17.7 Å². The topological polar surface area (TPSA) is 60.9 Å². The Kier molecular flexibility index (Phi) is 3.60. The standard InChI is InChI=1S/C19H23N3O3/c1-11-9-12(2)16(13(3)10-11)21-8-6-15(17(21)23)22-18(24)14-5-4-7-20(14)19(22)25/h9-10,14-15H,4-8H2,1-3H3/t14-,15?/m1/s1. The van der Waals surface area contributed by atoms with Crippen LogP contribution in [0, 0.1) is 20.8 Å². The number of carbonyl (C=O) groups is 3. The smallest absolute Gasteiger partial charge is 0.312 e. The maximum absolute atomic E-state index is 13.1. The molecule has 3 fully saturated rings. The van der Waals surface area contributed by atoms with E-state index in [0.717, 1.165) is 28.8 Å². The van der Waals surface area contributed by atoms with E-state index in [1.807, 2.05) is 20.8 Å². The largest absolute Gasteiger partial charge is 0.328 e. The van der Waals surface area contributed by atoms with Gasteiger partial charge in [0.05, 0.1) is 0 Å². The highest BCUT2D eigenvalue weighted by molar-refractivity contribution is 6.11. The summed E-state index contributed by atoms with van der Waals surface area (Å²) in [5, 5.41) is 0. The van der Waals surface area contributed by atoms with Gasteiger partial charge in [-0.25, -0.2) is 9.69 Å². The van der Waals surface area contributed by atoms with Crippen LogP contribution >= 0.6 is 0 Å². The molecule has 25 heavy (non-hydrogen) atoms. The number of urea groups is 1. The average molecular weight is 341 g/mol. The van der Waals surface area contributed by atoms with Crippen molar-refractivity contribution in [1.29, 1.82) is 0 Å². The van der Waals surface area contributed by atoms with Gasteiger partial charge in [0.25, 0.3) is 5.91 Å². The Labute approximate surface area is 147 Å². The fourth-order valence-electron chi connectivity index (χ4n) is 4.66. The Balaban J connectivity index is 1.63. The summed E-state index contributed by atoms with van der Waals surface area (Å²) in [6.07, 6.45) is 2.08. The number of hydrogen-bond donors (Lipinski definition) is 0. The average Bonchev–Trinajstić information content (AvgIpc) is 3.20. The molecule has 0 spiro atoms. The van der Waals surface area contributed by atoms with Crippen molar-refractivity contribution in [1.82, 2.24) is 9.80 Å². The van der Waals surface area contributed by atoms with Gasteiger partial charge in [0.1, 0.15) is 12.1 Å². The van der Waals surface area contributed by atoms with Gasteiger partial charge in [0.15, 0.2) is 0 Å². The van der Waals surface area contributed by atoms with Crippen LogP contribution in [0.5, 0.6) is 0 Å². The van der Waals surface area contributed by atoms with Crippen molar-refractivity contribution in [2.45, 2.75) is 52.1 Å². The third kappa shape index (κ3) is 2.27. The number of nitrogens with zero attached hydrogens (tertiary/aromatic N) is 3. The summed E-state index contributed by atoms with van der Waals surface area (Å²) in [6, 6.07) is 2.82. The molecule has 0 aliphatic carbocycles. The van der Waals surface area contributed by atoms with E-state index in [2.05, 4.69) is 12.1 Å². The zero-order valence-electron chi connectivity index (χ0n) is 14.9. The first-order chi connectivity index (χ1) is 11.9. The lowest BCUT2D eigenvalue weighted by atomic mass is 10.0. The predicted octanol–water partition coefficient (Wildman–Crippen LogP) is 2.14. The number of fused-ring (bicyclic) bond motifs is 1. The number of rotatable bonds is 2. The van der Waals surface area contributed by atoms with Crippen molar-refractivity contribution < 1.29 is 14.4 Å². The molecule has 0 saturated carbocycles. The Morgan fingerprint density at radius 1 is 0.880 bits per heavy atom. The Bertz CT molecular complexity index is 743. The van der Waals surface area contributed by atoms with Gasteiger partial charge in [-0.15, -0.1) is 0 Å². The van der Waals surface area contributed by atoms with Gasteiger partial charge in [-0.05, 0) is 51.2 Å². The lowest BCUT2D eigenvalue weighted by molar-refractivity contribution is -0.133. The summed E-state index contributed by atoms with van der Waals surface area (Å²) in [5.41, 5.74) is 4.17. The molecule has 4 rings (SSSR count). The van der Waals surface area contributed by atoms with E-state index in [-0.39, 0.29) is 23.9 Å². The fraction of sp³-hybridized carbons (Fsp3) is 0.526. The third-order valence-corrected chi connectivity index (χ3v) is 5.62. The van der Waals surface area contributed by atoms with Crippen LogP contribution < -0.4 is 4.90 Å². The van der Waals surface area contributed by atoms with E-state index in [9.17, 15) is 14.4 Å². The lowest BCUT2D eigenvalue weighted by Crippen LogP contribution is -2.46. The number of hydrogen-bond acceptors (Lipinski definition) is 3. The van der Waals surface area contributed by atoms with Gasteiger partial charge < -0.3 is 9.80 Å². The maximum atomic E-state index is 13.1. The maximum Gasteiger partial charge on any atom is 0.328 e. The predicted molar refractivity (Wildman–Crippen MR) is 93.4 cm³/mol. The van der Waals surface area contributed by atoms with Gasteiger partial charge in [0.2, 0.25) is 5.91 Å². The molecule has 3 saturated heterocycles. The van der Waals surface area contributed by atoms with E-state index in [1.54, 1.807) is 9.80 Å². The molecule has 3 heterocycles. The number of imide groups is 1. The number of amides is 4. The Morgan fingerprint density at radius 2 is 1.56 bits per heavy atom. The van der Waals surface area contributed by atoms with E-state index in [0.29, 0.717) is 25.9 Å². The van der Waals surface area contributed by atoms with E-state index in [4.69, 9.17) is 0 Å². The Morgan fingerprint density at radius 3 is 2.20 bits per heavy atom. The van der Waals surface area contributed by atoms with Crippen molar-refractivity contribution in [3.8, 4) is 0 Å². The SMILES string of the molecule is Cc1cc(C)c(N2CCC(N3C(=O)[C@H]4CCCN4C3=O)C2=O)c(C)c1. The molecule has 1 aromatic carbocycles. The summed E-state index contributed by atoms with van der Waals surface area (Å²) in [5.74, 6) is -0.335. The minimum atomic E-state index is -0.661. The zero-order valence-corrected chi connectivity index (χ0v) is 14.9. The first-order valence-corrected chi connectivity index (χ1v) is 8.93. The van der Waals surface area contributed by atoms with Gasteiger partial charge >= 0.3 is 6.03 Å². The monoisotopic (exact) mass is 341 g/mol. The molecule has 3 aliphatic heterocycles. The van der Waals surface area contributed by atoms with Gasteiger partial charge in [0, 0.05) is 18.8 Å². The summed E-state index contributed by atoms with van der Waals surface area (Å²) in [7, 11) is 0. The van der Waals surface area contributed by atoms with E-state index < -0.39 is 6.04 Å². The molecule has 1 unspecified atom stereocenters. The fourth-order valence-corrected chi connectivity index (χ4v) is 4.66. The van der Waals surface area contributed by atoms with Crippen molar-refractivity contribution in [3.05, 3.63) is 28.8 Å². The molecular formula is C19H23N3O3. The van der Waals surface area contributed by atoms with Crippen molar-refractivity contribution >= 4 is 23.5 Å². The summed E-state index contributed by atoms with van der Waals surface area (Å²) in [4.78, 5) is 42.9. The van der Waals surface area contributed by atoms with Crippen molar-refractivity contribution in [3.63, 3.8) is 0 Å². The van der Waals surface area contributed by atoms with Crippen LogP contribution in [0.15, 0.2) is 12.1 Å². The minimum absolute atomic E-state index is 0.141. The van der Waals surface area contributed by atoms with Crippen LogP contribution in [0.3, 0.4) is 0 Å². The highest BCUT2D eigenvalue weighted by Gasteiger charge is 2.53. The summed E-state index contributed by atoms with van der Waals surface area (Å²) in [6.45, 7) is 7.19. The van der Waals surface area contributed by atoms with Crippen LogP contribution in [-0.4, -0.2) is 52.8 Å². The number of anilines is 1. The molecule has 1 aromatic rings. The highest BCUT2D eigenvalue weighted by atomic mass is 16.2. The quantitative estimate of drug-likeness (QED) is 0.775. The molecule has 0 bridgehead atoms. The van der Waals surface area contributed by atoms with Gasteiger partial charge in [-0.2, -0.15) is 0 Å². The number of benzene rings is 1. The second kappa shape index (κ2) is 5.58. The molecule has 0 aromatic heterocycles. The molecule has 0 N–H and O–H groups in total. The minimum Gasteiger partial charge on any atom is -0.312 e. The van der Waals surface area contributed by atoms with Crippen LogP contribution in [0.25, 0.3) is 0 Å². The van der Waals surface area contributed by atoms with E-state index >= 15 is 0 Å². The highest BCUT2D eigenvalue weighted by Crippen LogP contribution is 2.35. The first-order valence-electron chi connectivity index (χ1n) is 8.93. The van der Waals surface area contributed by atoms with Crippen LogP contribution in [0.4, 0.5) is 10.5 Å². The molecule has 3 aliphatic rings. The van der Waals surface area contributed by atoms with Crippen LogP contribution in [0.2, 0.25) is 0 Å². The molecule has 6 heteroatoms. The zero-order chi connectivity index (χ0) is 17.9. The molecule has 2 atom stereocenters. The number of aryl methyl sites for hydroxylation is 3. The Hall–Kier alpha value is -2.37. The van der Waals surface area contributed by atoms with E-state index in [1.165, 1.54) is 4.90 Å². The molecule has 6 nitrogen and oxygen atoms in total. The molecule has 4 amide bonds. The first kappa shape index (κ1) is 16.1. The number of carbonyl (C=O) groups excluding carboxylic acids is 3. The normalized spacial score (nSPS) is 26.2. The molecular weight excluding hydrogens is 318 g/mol. The van der Waals surface area contributed by atoms with Crippen molar-refractivity contribution in [2.24, 2.45) is 0 Å². The third-order valence-electron chi connectivity index (χ3n) is 5.62. The van der Waals surface area contributed by atoms with Crippen molar-refractivity contribution in [2.75, 3.05) is 18.0 Å². The van der Waals surface area contributed by atoms with Crippen LogP contribution in [0.1, 0.15) is 36.0 Å². The second-order valence-corrected chi connectivity index (χ2v) is 7.38. The second-order valence-electron chi connectivity index (χ2n) is 7.38. The van der Waals surface area contributed by atoms with Gasteiger partial charge in [-0.3, -0.25) is 9.59 Å².